The Morgan fingerprint density at radius 1 is 1.47 bits per heavy atom. The molecule has 4 heteroatoms. The number of likely N-dealkylation sites (N-methyl/N-ethyl adjacent to an activating group) is 1. The Hall–Kier alpha value is -0.610. The average Bonchev–Trinajstić information content (AvgIpc) is 2.18. The van der Waals surface area contributed by atoms with Gasteiger partial charge < -0.3 is 10.4 Å². The molecule has 0 aliphatic heterocycles. The van der Waals surface area contributed by atoms with Crippen LogP contribution in [-0.4, -0.2) is 48.2 Å². The van der Waals surface area contributed by atoms with Gasteiger partial charge in [0.2, 0.25) is 5.91 Å². The highest BCUT2D eigenvalue weighted by molar-refractivity contribution is 5.73. The van der Waals surface area contributed by atoms with Crippen molar-refractivity contribution in [3.05, 3.63) is 0 Å². The molecule has 1 fully saturated rings. The van der Waals surface area contributed by atoms with Crippen LogP contribution in [0.2, 0.25) is 0 Å². The maximum absolute atomic E-state index is 11.1. The van der Waals surface area contributed by atoms with Gasteiger partial charge in [-0.15, -0.1) is 0 Å². The molecule has 1 aliphatic carbocycles. The quantitative estimate of drug-likeness (QED) is 0.710. The second-order valence-electron chi connectivity index (χ2n) is 4.36. The molecule has 0 aromatic carbocycles. The van der Waals surface area contributed by atoms with Gasteiger partial charge in [-0.2, -0.15) is 0 Å². The van der Waals surface area contributed by atoms with E-state index in [0.29, 0.717) is 12.6 Å². The normalized spacial score (nSPS) is 26.7. The van der Waals surface area contributed by atoms with Crippen LogP contribution in [0.4, 0.5) is 0 Å². The SMILES string of the molecule is CC(=O)N[C@H]1CCCC[C@H]1N(C)CCO. The van der Waals surface area contributed by atoms with Crippen molar-refractivity contribution in [2.24, 2.45) is 0 Å². The Labute approximate surface area is 91.6 Å². The zero-order valence-corrected chi connectivity index (χ0v) is 9.70. The third kappa shape index (κ3) is 3.80. The molecular weight excluding hydrogens is 192 g/mol. The van der Waals surface area contributed by atoms with Gasteiger partial charge in [-0.25, -0.2) is 0 Å². The van der Waals surface area contributed by atoms with Crippen LogP contribution >= 0.6 is 0 Å². The van der Waals surface area contributed by atoms with Crippen LogP contribution in [0, 0.1) is 0 Å². The predicted octanol–water partition coefficient (Wildman–Crippen LogP) is 0.358. The fourth-order valence-electron chi connectivity index (χ4n) is 2.39. The summed E-state index contributed by atoms with van der Waals surface area (Å²) in [5.41, 5.74) is 0. The summed E-state index contributed by atoms with van der Waals surface area (Å²) in [6.07, 6.45) is 4.58. The Morgan fingerprint density at radius 2 is 2.13 bits per heavy atom. The fourth-order valence-corrected chi connectivity index (χ4v) is 2.39. The van der Waals surface area contributed by atoms with Gasteiger partial charge in [-0.3, -0.25) is 9.69 Å². The highest BCUT2D eigenvalue weighted by atomic mass is 16.3. The second-order valence-corrected chi connectivity index (χ2v) is 4.36. The van der Waals surface area contributed by atoms with Crippen LogP contribution in [0.25, 0.3) is 0 Å². The van der Waals surface area contributed by atoms with Crippen molar-refractivity contribution in [3.63, 3.8) is 0 Å². The van der Waals surface area contributed by atoms with Crippen LogP contribution in [0.1, 0.15) is 32.6 Å². The molecule has 0 unspecified atom stereocenters. The van der Waals surface area contributed by atoms with Crippen molar-refractivity contribution in [3.8, 4) is 0 Å². The van der Waals surface area contributed by atoms with Gasteiger partial charge in [0.25, 0.3) is 0 Å². The molecule has 1 saturated carbocycles. The Kier molecular flexibility index (Phi) is 5.05. The Balaban J connectivity index is 2.52. The van der Waals surface area contributed by atoms with Gasteiger partial charge >= 0.3 is 0 Å². The summed E-state index contributed by atoms with van der Waals surface area (Å²) < 4.78 is 0. The van der Waals surface area contributed by atoms with Crippen LogP contribution in [0.5, 0.6) is 0 Å². The molecule has 2 N–H and O–H groups in total. The number of rotatable bonds is 4. The summed E-state index contributed by atoms with van der Waals surface area (Å²) >= 11 is 0. The number of hydrogen-bond acceptors (Lipinski definition) is 3. The van der Waals surface area contributed by atoms with Gasteiger partial charge in [0.05, 0.1) is 6.61 Å². The minimum Gasteiger partial charge on any atom is -0.395 e. The lowest BCUT2D eigenvalue weighted by atomic mass is 9.89. The molecule has 1 aliphatic rings. The van der Waals surface area contributed by atoms with E-state index in [9.17, 15) is 4.79 Å². The lowest BCUT2D eigenvalue weighted by molar-refractivity contribution is -0.120. The van der Waals surface area contributed by atoms with Crippen molar-refractivity contribution in [1.82, 2.24) is 10.2 Å². The van der Waals surface area contributed by atoms with Crippen molar-refractivity contribution in [1.29, 1.82) is 0 Å². The summed E-state index contributed by atoms with van der Waals surface area (Å²) in [6.45, 7) is 2.43. The van der Waals surface area contributed by atoms with Gasteiger partial charge in [0.1, 0.15) is 0 Å². The minimum atomic E-state index is 0.0456. The van der Waals surface area contributed by atoms with E-state index in [1.54, 1.807) is 6.92 Å². The molecule has 15 heavy (non-hydrogen) atoms. The Bertz CT molecular complexity index is 209. The molecular formula is C11H22N2O2. The van der Waals surface area contributed by atoms with Gasteiger partial charge in [0.15, 0.2) is 0 Å². The molecule has 0 aromatic heterocycles. The van der Waals surface area contributed by atoms with E-state index in [1.807, 2.05) is 7.05 Å². The maximum Gasteiger partial charge on any atom is 0.217 e. The zero-order chi connectivity index (χ0) is 11.3. The number of aliphatic hydroxyl groups is 1. The van der Waals surface area contributed by atoms with Crippen molar-refractivity contribution in [2.45, 2.75) is 44.7 Å². The van der Waals surface area contributed by atoms with E-state index in [1.165, 1.54) is 12.8 Å². The first-order valence-electron chi connectivity index (χ1n) is 5.73. The Morgan fingerprint density at radius 3 is 2.73 bits per heavy atom. The topological polar surface area (TPSA) is 52.6 Å². The summed E-state index contributed by atoms with van der Waals surface area (Å²) in [6, 6.07) is 0.641. The predicted molar refractivity (Wildman–Crippen MR) is 59.6 cm³/mol. The number of carbonyl (C=O) groups excluding carboxylic acids is 1. The van der Waals surface area contributed by atoms with E-state index in [-0.39, 0.29) is 18.6 Å². The number of amides is 1. The standard InChI is InChI=1S/C11H22N2O2/c1-9(15)12-10-5-3-4-6-11(10)13(2)7-8-14/h10-11,14H,3-8H2,1-2H3,(H,12,15)/t10-,11+/m0/s1. The van der Waals surface area contributed by atoms with Gasteiger partial charge in [0, 0.05) is 25.6 Å². The molecule has 1 rings (SSSR count). The van der Waals surface area contributed by atoms with E-state index in [2.05, 4.69) is 10.2 Å². The number of nitrogens with one attached hydrogen (secondary N) is 1. The van der Waals surface area contributed by atoms with Crippen LogP contribution in [0.3, 0.4) is 0 Å². The smallest absolute Gasteiger partial charge is 0.217 e. The lowest BCUT2D eigenvalue weighted by Crippen LogP contribution is -2.52. The molecule has 0 heterocycles. The summed E-state index contributed by atoms with van der Waals surface area (Å²) in [7, 11) is 2.01. The molecule has 0 bridgehead atoms. The lowest BCUT2D eigenvalue weighted by Gasteiger charge is -2.38. The molecule has 88 valence electrons. The number of aliphatic hydroxyl groups excluding tert-OH is 1. The summed E-state index contributed by atoms with van der Waals surface area (Å²) in [5, 5.41) is 11.9. The molecule has 0 radical (unpaired) electrons. The largest absolute Gasteiger partial charge is 0.395 e. The fraction of sp³-hybridized carbons (Fsp3) is 0.909. The molecule has 0 saturated heterocycles. The van der Waals surface area contributed by atoms with Crippen LogP contribution in [-0.2, 0) is 4.79 Å². The van der Waals surface area contributed by atoms with E-state index in [4.69, 9.17) is 5.11 Å². The molecule has 0 aromatic rings. The third-order valence-electron chi connectivity index (χ3n) is 3.14. The maximum atomic E-state index is 11.1. The summed E-state index contributed by atoms with van der Waals surface area (Å²) in [5.74, 6) is 0.0456. The summed E-state index contributed by atoms with van der Waals surface area (Å²) in [4.78, 5) is 13.2. The van der Waals surface area contributed by atoms with Crippen molar-refractivity contribution < 1.29 is 9.90 Å². The molecule has 2 atom stereocenters. The minimum absolute atomic E-state index is 0.0456. The molecule has 4 nitrogen and oxygen atoms in total. The first kappa shape index (κ1) is 12.5. The first-order chi connectivity index (χ1) is 7.15. The van der Waals surface area contributed by atoms with Gasteiger partial charge in [-0.1, -0.05) is 12.8 Å². The molecule has 1 amide bonds. The van der Waals surface area contributed by atoms with E-state index in [0.717, 1.165) is 12.8 Å². The van der Waals surface area contributed by atoms with Crippen molar-refractivity contribution in [2.75, 3.05) is 20.2 Å². The third-order valence-corrected chi connectivity index (χ3v) is 3.14. The monoisotopic (exact) mass is 214 g/mol. The number of hydrogen-bond donors (Lipinski definition) is 2. The van der Waals surface area contributed by atoms with E-state index < -0.39 is 0 Å². The van der Waals surface area contributed by atoms with Crippen LogP contribution in [0.15, 0.2) is 0 Å². The van der Waals surface area contributed by atoms with Crippen molar-refractivity contribution >= 4 is 5.91 Å². The average molecular weight is 214 g/mol. The molecule has 0 spiro atoms. The van der Waals surface area contributed by atoms with E-state index >= 15 is 0 Å². The van der Waals surface area contributed by atoms with Gasteiger partial charge in [-0.05, 0) is 19.9 Å². The highest BCUT2D eigenvalue weighted by Crippen LogP contribution is 2.22. The van der Waals surface area contributed by atoms with Crippen LogP contribution < -0.4 is 5.32 Å². The first-order valence-corrected chi connectivity index (χ1v) is 5.73. The highest BCUT2D eigenvalue weighted by Gasteiger charge is 2.28. The zero-order valence-electron chi connectivity index (χ0n) is 9.70. The number of nitrogens with zero attached hydrogens (tertiary/aromatic N) is 1. The second kappa shape index (κ2) is 6.08. The number of carbonyl (C=O) groups is 1.